The monoisotopic (exact) mass is 410 g/mol. The Morgan fingerprint density at radius 1 is 0.867 bits per heavy atom. The largest absolute Gasteiger partial charge is 0.302 e. The Kier molecular flexibility index (Phi) is 5.11. The molecule has 30 heavy (non-hydrogen) atoms. The van der Waals surface area contributed by atoms with Crippen molar-refractivity contribution in [2.24, 2.45) is 5.10 Å². The fourth-order valence-corrected chi connectivity index (χ4v) is 4.17. The van der Waals surface area contributed by atoms with Gasteiger partial charge in [-0.3, -0.25) is 0 Å². The number of nitrogens with one attached hydrogen (secondary N) is 1. The van der Waals surface area contributed by atoms with Crippen molar-refractivity contribution in [1.82, 2.24) is 15.2 Å². The van der Waals surface area contributed by atoms with E-state index in [1.165, 1.54) is 4.90 Å². The summed E-state index contributed by atoms with van der Waals surface area (Å²) in [7, 11) is 0. The summed E-state index contributed by atoms with van der Waals surface area (Å²) >= 11 is 1.75. The van der Waals surface area contributed by atoms with E-state index in [2.05, 4.69) is 83.6 Å². The van der Waals surface area contributed by atoms with Crippen LogP contribution in [0, 0.1) is 0 Å². The molecule has 0 saturated heterocycles. The number of aromatic nitrogens is 2. The molecule has 0 aliphatic carbocycles. The van der Waals surface area contributed by atoms with Gasteiger partial charge in [-0.2, -0.15) is 10.2 Å². The molecule has 1 aliphatic heterocycles. The van der Waals surface area contributed by atoms with Crippen molar-refractivity contribution in [2.45, 2.75) is 17.4 Å². The normalized spacial score (nSPS) is 15.6. The van der Waals surface area contributed by atoms with Gasteiger partial charge >= 0.3 is 0 Å². The first-order valence-corrected chi connectivity index (χ1v) is 11.2. The third-order valence-corrected chi connectivity index (χ3v) is 6.11. The van der Waals surface area contributed by atoms with E-state index >= 15 is 0 Å². The lowest BCUT2D eigenvalue weighted by Crippen LogP contribution is -2.10. The van der Waals surface area contributed by atoms with E-state index in [0.29, 0.717) is 0 Å². The third kappa shape index (κ3) is 3.64. The Morgan fingerprint density at radius 2 is 1.57 bits per heavy atom. The fourth-order valence-electron chi connectivity index (χ4n) is 3.76. The van der Waals surface area contributed by atoms with Gasteiger partial charge in [0, 0.05) is 28.6 Å². The highest BCUT2D eigenvalue weighted by molar-refractivity contribution is 7.98. The van der Waals surface area contributed by atoms with Crippen molar-refractivity contribution in [2.75, 3.05) is 6.26 Å². The second-order valence-corrected chi connectivity index (χ2v) is 8.13. The van der Waals surface area contributed by atoms with E-state index in [9.17, 15) is 0 Å². The van der Waals surface area contributed by atoms with Gasteiger partial charge in [-0.15, -0.1) is 11.8 Å². The minimum absolute atomic E-state index is 0.0906. The summed E-state index contributed by atoms with van der Waals surface area (Å²) < 4.78 is 1.97. The van der Waals surface area contributed by atoms with E-state index in [0.717, 1.165) is 40.2 Å². The summed E-state index contributed by atoms with van der Waals surface area (Å²) in [5.41, 5.74) is 9.91. The van der Waals surface area contributed by atoms with Gasteiger partial charge < -0.3 is 5.43 Å². The Hall–Kier alpha value is -3.31. The van der Waals surface area contributed by atoms with Crippen molar-refractivity contribution < 1.29 is 0 Å². The maximum absolute atomic E-state index is 4.97. The van der Waals surface area contributed by atoms with E-state index in [-0.39, 0.29) is 6.04 Å². The minimum atomic E-state index is 0.0906. The maximum atomic E-state index is 4.97. The Balaban J connectivity index is 1.52. The van der Waals surface area contributed by atoms with Gasteiger partial charge in [0.25, 0.3) is 0 Å². The average Bonchev–Trinajstić information content (AvgIpc) is 3.48. The second kappa shape index (κ2) is 8.20. The van der Waals surface area contributed by atoms with Gasteiger partial charge in [0.1, 0.15) is 0 Å². The minimum Gasteiger partial charge on any atom is -0.302 e. The molecule has 1 aromatic heterocycles. The van der Waals surface area contributed by atoms with E-state index in [1.54, 1.807) is 11.8 Å². The van der Waals surface area contributed by atoms with Crippen molar-refractivity contribution in [3.05, 3.63) is 102 Å². The van der Waals surface area contributed by atoms with Crippen LogP contribution in [0.15, 0.2) is 101 Å². The Labute approximate surface area is 180 Å². The molecule has 0 bridgehead atoms. The third-order valence-electron chi connectivity index (χ3n) is 5.36. The Bertz CT molecular complexity index is 1170. The summed E-state index contributed by atoms with van der Waals surface area (Å²) in [6.07, 6.45) is 5.06. The smallest absolute Gasteiger partial charge is 0.0981 e. The molecule has 0 fully saturated rings. The number of benzene rings is 3. The summed E-state index contributed by atoms with van der Waals surface area (Å²) in [4.78, 5) is 1.25. The van der Waals surface area contributed by atoms with Crippen LogP contribution in [0.1, 0.15) is 23.6 Å². The van der Waals surface area contributed by atoms with Crippen molar-refractivity contribution in [3.63, 3.8) is 0 Å². The van der Waals surface area contributed by atoms with Gasteiger partial charge in [0.2, 0.25) is 0 Å². The van der Waals surface area contributed by atoms with Crippen LogP contribution in [0.25, 0.3) is 16.9 Å². The summed E-state index contributed by atoms with van der Waals surface area (Å²) in [5.74, 6) is 0. The first-order valence-electron chi connectivity index (χ1n) is 9.99. The zero-order valence-corrected chi connectivity index (χ0v) is 17.5. The number of hydrazone groups is 1. The number of hydrogen-bond acceptors (Lipinski definition) is 4. The van der Waals surface area contributed by atoms with E-state index in [1.807, 2.05) is 28.9 Å². The van der Waals surface area contributed by atoms with Gasteiger partial charge in [0.15, 0.2) is 0 Å². The molecule has 148 valence electrons. The number of hydrogen-bond donors (Lipinski definition) is 1. The summed E-state index contributed by atoms with van der Waals surface area (Å²) in [6, 6.07) is 29.3. The lowest BCUT2D eigenvalue weighted by Gasteiger charge is -2.10. The van der Waals surface area contributed by atoms with Crippen LogP contribution >= 0.6 is 11.8 Å². The summed E-state index contributed by atoms with van der Waals surface area (Å²) in [5, 5.41) is 9.60. The molecule has 5 rings (SSSR count). The molecule has 0 radical (unpaired) electrons. The molecule has 4 aromatic rings. The standard InChI is InChI=1S/C25H22N4S/c1-30-21-14-12-19(13-15-21)25-22(17-29(28-25)20-10-6-3-7-11-20)24-16-23(26-27-24)18-8-4-2-5-9-18/h2-15,17,24,27H,16H2,1H3. The highest BCUT2D eigenvalue weighted by atomic mass is 32.2. The zero-order chi connectivity index (χ0) is 20.3. The van der Waals surface area contributed by atoms with Crippen LogP contribution in [-0.2, 0) is 0 Å². The van der Waals surface area contributed by atoms with E-state index in [4.69, 9.17) is 5.10 Å². The van der Waals surface area contributed by atoms with Crippen molar-refractivity contribution in [3.8, 4) is 16.9 Å². The SMILES string of the molecule is CSc1ccc(-c2nn(-c3ccccc3)cc2C2CC(c3ccccc3)=NN2)cc1. The average molecular weight is 411 g/mol. The summed E-state index contributed by atoms with van der Waals surface area (Å²) in [6.45, 7) is 0. The fraction of sp³-hybridized carbons (Fsp3) is 0.120. The van der Waals surface area contributed by atoms with E-state index < -0.39 is 0 Å². The molecule has 1 N–H and O–H groups in total. The molecule has 2 heterocycles. The van der Waals surface area contributed by atoms with Crippen LogP contribution in [-0.4, -0.2) is 21.7 Å². The number of para-hydroxylation sites is 1. The predicted octanol–water partition coefficient (Wildman–Crippen LogP) is 5.70. The molecule has 0 spiro atoms. The molecule has 1 atom stereocenters. The maximum Gasteiger partial charge on any atom is 0.0981 e. The highest BCUT2D eigenvalue weighted by Crippen LogP contribution is 2.33. The van der Waals surface area contributed by atoms with Crippen LogP contribution in [0.3, 0.4) is 0 Å². The van der Waals surface area contributed by atoms with Crippen LogP contribution in [0.5, 0.6) is 0 Å². The van der Waals surface area contributed by atoms with Crippen molar-refractivity contribution >= 4 is 17.5 Å². The zero-order valence-electron chi connectivity index (χ0n) is 16.7. The molecule has 1 unspecified atom stereocenters. The van der Waals surface area contributed by atoms with Crippen LogP contribution < -0.4 is 5.43 Å². The molecule has 5 heteroatoms. The number of nitrogens with zero attached hydrogens (tertiary/aromatic N) is 3. The van der Waals surface area contributed by atoms with Gasteiger partial charge in [0.05, 0.1) is 23.1 Å². The molecular weight excluding hydrogens is 388 g/mol. The first-order chi connectivity index (χ1) is 14.8. The molecule has 0 amide bonds. The molecule has 0 saturated carbocycles. The molecule has 1 aliphatic rings. The van der Waals surface area contributed by atoms with Crippen LogP contribution in [0.2, 0.25) is 0 Å². The lowest BCUT2D eigenvalue weighted by molar-refractivity contribution is 0.621. The molecular formula is C25H22N4S. The lowest BCUT2D eigenvalue weighted by atomic mass is 9.97. The quantitative estimate of drug-likeness (QED) is 0.429. The number of rotatable bonds is 5. The predicted molar refractivity (Wildman–Crippen MR) is 124 cm³/mol. The van der Waals surface area contributed by atoms with Crippen LogP contribution in [0.4, 0.5) is 0 Å². The Morgan fingerprint density at radius 3 is 2.27 bits per heavy atom. The molecule has 4 nitrogen and oxygen atoms in total. The topological polar surface area (TPSA) is 42.2 Å². The van der Waals surface area contributed by atoms with Gasteiger partial charge in [-0.05, 0) is 36.1 Å². The van der Waals surface area contributed by atoms with Crippen molar-refractivity contribution in [1.29, 1.82) is 0 Å². The first kappa shape index (κ1) is 18.7. The number of thioether (sulfide) groups is 1. The van der Waals surface area contributed by atoms with Gasteiger partial charge in [-0.25, -0.2) is 4.68 Å². The molecule has 3 aromatic carbocycles. The van der Waals surface area contributed by atoms with Gasteiger partial charge in [-0.1, -0.05) is 60.7 Å². The second-order valence-electron chi connectivity index (χ2n) is 7.25. The highest BCUT2D eigenvalue weighted by Gasteiger charge is 2.26.